The van der Waals surface area contributed by atoms with Gasteiger partial charge in [0.05, 0.1) is 10.7 Å². The number of aryl methyl sites for hydroxylation is 2. The average Bonchev–Trinajstić information content (AvgIpc) is 2.84. The minimum absolute atomic E-state index is 0.239. The van der Waals surface area contributed by atoms with E-state index in [2.05, 4.69) is 9.88 Å². The number of carbonyl (C=O) groups excluding carboxylic acids is 1. The van der Waals surface area contributed by atoms with Crippen LogP contribution in [-0.4, -0.2) is 27.9 Å². The van der Waals surface area contributed by atoms with Crippen LogP contribution in [0.15, 0.2) is 11.1 Å². The summed E-state index contributed by atoms with van der Waals surface area (Å²) >= 11 is 1.56. The maximum absolute atomic E-state index is 12.9. The second kappa shape index (κ2) is 4.94. The fourth-order valence-electron chi connectivity index (χ4n) is 4.19. The highest BCUT2D eigenvalue weighted by Crippen LogP contribution is 2.44. The number of nitrogens with zero attached hydrogens (tertiary/aromatic N) is 2. The molecule has 1 amide bonds. The quantitative estimate of drug-likeness (QED) is 0.734. The molecule has 2 unspecified atom stereocenters. The number of fused-ring (bicyclic) bond motifs is 2. The highest BCUT2D eigenvalue weighted by Gasteiger charge is 2.43. The first kappa shape index (κ1) is 13.5. The second-order valence-corrected chi connectivity index (χ2v) is 7.92. The number of amides is 1. The normalized spacial score (nSPS) is 28.0. The van der Waals surface area contributed by atoms with Crippen molar-refractivity contribution in [2.45, 2.75) is 70.9 Å². The molecule has 112 valence electrons. The molecule has 2 saturated heterocycles. The second-order valence-electron chi connectivity index (χ2n) is 6.71. The van der Waals surface area contributed by atoms with Crippen molar-refractivity contribution in [3.8, 4) is 0 Å². The molecule has 1 saturated carbocycles. The van der Waals surface area contributed by atoms with Gasteiger partial charge in [-0.15, -0.1) is 11.3 Å². The van der Waals surface area contributed by atoms with E-state index in [9.17, 15) is 4.79 Å². The lowest BCUT2D eigenvalue weighted by atomic mass is 9.82. The summed E-state index contributed by atoms with van der Waals surface area (Å²) < 4.78 is 0. The summed E-state index contributed by atoms with van der Waals surface area (Å²) in [7, 11) is 0. The van der Waals surface area contributed by atoms with E-state index in [4.69, 9.17) is 0 Å². The fourth-order valence-corrected chi connectivity index (χ4v) is 5.05. The summed E-state index contributed by atoms with van der Waals surface area (Å²) in [6, 6.07) is 0.891. The molecule has 3 heterocycles. The summed E-state index contributed by atoms with van der Waals surface area (Å²) in [6.45, 7) is 3.95. The lowest BCUT2D eigenvalue weighted by Gasteiger charge is -2.38. The van der Waals surface area contributed by atoms with Crippen molar-refractivity contribution in [2.75, 3.05) is 0 Å². The zero-order chi connectivity index (χ0) is 14.6. The van der Waals surface area contributed by atoms with E-state index < -0.39 is 0 Å². The molecule has 3 aliphatic rings. The maximum Gasteiger partial charge on any atom is 0.266 e. The Kier molecular flexibility index (Phi) is 3.18. The molecule has 1 aromatic rings. The number of aromatic nitrogens is 1. The average molecular weight is 302 g/mol. The molecule has 1 aromatic heterocycles. The van der Waals surface area contributed by atoms with Gasteiger partial charge in [0.1, 0.15) is 4.88 Å². The molecule has 3 fully saturated rings. The Bertz CT molecular complexity index is 609. The van der Waals surface area contributed by atoms with Crippen LogP contribution in [-0.2, 0) is 0 Å². The van der Waals surface area contributed by atoms with Gasteiger partial charge in [0.2, 0.25) is 0 Å². The summed E-state index contributed by atoms with van der Waals surface area (Å²) in [5, 5.41) is 0.998. The topological polar surface area (TPSA) is 33.2 Å². The molecular formula is C17H22N2OS. The summed E-state index contributed by atoms with van der Waals surface area (Å²) in [5.41, 5.74) is 4.31. The summed E-state index contributed by atoms with van der Waals surface area (Å²) in [4.78, 5) is 20.4. The van der Waals surface area contributed by atoms with Crippen LogP contribution in [0.3, 0.4) is 0 Å². The number of hydrogen-bond donors (Lipinski definition) is 0. The first-order chi connectivity index (χ1) is 10.1. The van der Waals surface area contributed by atoms with E-state index in [-0.39, 0.29) is 5.91 Å². The van der Waals surface area contributed by atoms with Gasteiger partial charge in [-0.1, -0.05) is 11.1 Å². The molecule has 0 spiro atoms. The predicted molar refractivity (Wildman–Crippen MR) is 84.7 cm³/mol. The van der Waals surface area contributed by atoms with Gasteiger partial charge in [-0.05, 0) is 58.8 Å². The van der Waals surface area contributed by atoms with Gasteiger partial charge >= 0.3 is 0 Å². The van der Waals surface area contributed by atoms with Gasteiger partial charge in [0.25, 0.3) is 5.91 Å². The van der Waals surface area contributed by atoms with Crippen LogP contribution in [0.5, 0.6) is 0 Å². The van der Waals surface area contributed by atoms with E-state index in [0.717, 1.165) is 28.4 Å². The van der Waals surface area contributed by atoms with Crippen molar-refractivity contribution in [1.29, 1.82) is 0 Å². The molecule has 1 aliphatic carbocycles. The molecule has 3 nitrogen and oxygen atoms in total. The minimum Gasteiger partial charge on any atom is -0.331 e. The van der Waals surface area contributed by atoms with Crippen LogP contribution >= 0.6 is 11.3 Å². The lowest BCUT2D eigenvalue weighted by Crippen LogP contribution is -2.45. The van der Waals surface area contributed by atoms with Gasteiger partial charge in [-0.25, -0.2) is 4.98 Å². The predicted octanol–water partition coefficient (Wildman–Crippen LogP) is 4.01. The smallest absolute Gasteiger partial charge is 0.266 e. The monoisotopic (exact) mass is 302 g/mol. The summed E-state index contributed by atoms with van der Waals surface area (Å²) in [6.07, 6.45) is 8.64. The first-order valence-corrected chi connectivity index (χ1v) is 8.91. The van der Waals surface area contributed by atoms with Gasteiger partial charge in [-0.3, -0.25) is 4.79 Å². The zero-order valence-electron chi connectivity index (χ0n) is 12.8. The number of thiazole rings is 1. The molecule has 2 atom stereocenters. The molecule has 0 N–H and O–H groups in total. The van der Waals surface area contributed by atoms with Crippen LogP contribution in [0.2, 0.25) is 0 Å². The molecule has 2 aliphatic heterocycles. The Morgan fingerprint density at radius 1 is 1.14 bits per heavy atom. The maximum atomic E-state index is 12.9. The van der Waals surface area contributed by atoms with Crippen molar-refractivity contribution in [1.82, 2.24) is 9.88 Å². The van der Waals surface area contributed by atoms with Crippen LogP contribution < -0.4 is 0 Å². The van der Waals surface area contributed by atoms with Crippen LogP contribution in [0, 0.1) is 13.8 Å². The number of carbonyl (C=O) groups is 1. The summed E-state index contributed by atoms with van der Waals surface area (Å²) in [5.74, 6) is 0.239. The van der Waals surface area contributed by atoms with Gasteiger partial charge in [0.15, 0.2) is 0 Å². The number of piperidine rings is 1. The Morgan fingerprint density at radius 3 is 2.29 bits per heavy atom. The number of rotatable bonds is 1. The zero-order valence-corrected chi connectivity index (χ0v) is 13.6. The van der Waals surface area contributed by atoms with E-state index in [1.807, 2.05) is 13.8 Å². The van der Waals surface area contributed by atoms with Gasteiger partial charge < -0.3 is 4.90 Å². The minimum atomic E-state index is 0.239. The molecule has 0 aromatic carbocycles. The standard InChI is InChI=1S/C17H22N2OS/c1-10-16(21-11(2)18-10)17(20)19-14-6-7-15(19)9-13(8-14)12-4-3-5-12/h14-15H,3-9H2,1-2H3. The highest BCUT2D eigenvalue weighted by atomic mass is 32.1. The molecule has 2 bridgehead atoms. The van der Waals surface area contributed by atoms with Crippen LogP contribution in [0.1, 0.15) is 65.3 Å². The van der Waals surface area contributed by atoms with Gasteiger partial charge in [-0.2, -0.15) is 0 Å². The van der Waals surface area contributed by atoms with Crippen molar-refractivity contribution >= 4 is 17.2 Å². The van der Waals surface area contributed by atoms with Gasteiger partial charge in [0, 0.05) is 12.1 Å². The van der Waals surface area contributed by atoms with E-state index >= 15 is 0 Å². The van der Waals surface area contributed by atoms with E-state index in [1.54, 1.807) is 22.5 Å². The highest BCUT2D eigenvalue weighted by molar-refractivity contribution is 7.13. The number of allylic oxidation sites excluding steroid dienone is 1. The van der Waals surface area contributed by atoms with Crippen LogP contribution in [0.25, 0.3) is 0 Å². The van der Waals surface area contributed by atoms with E-state index in [0.29, 0.717) is 12.1 Å². The molecule has 0 radical (unpaired) electrons. The molecule has 4 rings (SSSR count). The Labute approximate surface area is 130 Å². The fraction of sp³-hybridized carbons (Fsp3) is 0.647. The van der Waals surface area contributed by atoms with Crippen molar-refractivity contribution in [3.05, 3.63) is 26.7 Å². The van der Waals surface area contributed by atoms with Crippen LogP contribution in [0.4, 0.5) is 0 Å². The van der Waals surface area contributed by atoms with E-state index in [1.165, 1.54) is 32.1 Å². The molecular weight excluding hydrogens is 280 g/mol. The largest absolute Gasteiger partial charge is 0.331 e. The molecule has 4 heteroatoms. The third-order valence-corrected chi connectivity index (χ3v) is 6.43. The molecule has 21 heavy (non-hydrogen) atoms. The van der Waals surface area contributed by atoms with Crippen molar-refractivity contribution in [3.63, 3.8) is 0 Å². The SMILES string of the molecule is Cc1nc(C)c(C(=O)N2C3CCC2CC(=C2CCC2)C3)s1. The third kappa shape index (κ3) is 2.15. The van der Waals surface area contributed by atoms with Crippen molar-refractivity contribution in [2.24, 2.45) is 0 Å². The van der Waals surface area contributed by atoms with Crippen molar-refractivity contribution < 1.29 is 4.79 Å². The Balaban J connectivity index is 1.60. The Hall–Kier alpha value is -1.16. The third-order valence-electron chi connectivity index (χ3n) is 5.37. The first-order valence-electron chi connectivity index (χ1n) is 8.10. The number of hydrogen-bond acceptors (Lipinski definition) is 3. The Morgan fingerprint density at radius 2 is 1.81 bits per heavy atom. The lowest BCUT2D eigenvalue weighted by molar-refractivity contribution is 0.0637.